The molecule has 0 aliphatic heterocycles. The summed E-state index contributed by atoms with van der Waals surface area (Å²) in [4.78, 5) is 39.9. The molecule has 0 spiro atoms. The van der Waals surface area contributed by atoms with E-state index in [2.05, 4.69) is 20.8 Å². The SMILES string of the molecule is CCCCCCCCCCCCN(C(=O)CCCCCCCCCCC)[C@@](CCCCCCCC)(CCC(=O)O)C(=O)O. The monoisotopic (exact) mass is 610 g/mol. The van der Waals surface area contributed by atoms with Gasteiger partial charge in [-0.15, -0.1) is 0 Å². The minimum Gasteiger partial charge on any atom is -0.481 e. The molecule has 0 aliphatic carbocycles. The fourth-order valence-electron chi connectivity index (χ4n) is 6.29. The smallest absolute Gasteiger partial charge is 0.329 e. The summed E-state index contributed by atoms with van der Waals surface area (Å²) in [5.41, 5.74) is -1.43. The predicted molar refractivity (Wildman–Crippen MR) is 181 cm³/mol. The molecular weight excluding hydrogens is 538 g/mol. The van der Waals surface area contributed by atoms with Crippen LogP contribution in [0.15, 0.2) is 0 Å². The summed E-state index contributed by atoms with van der Waals surface area (Å²) < 4.78 is 0. The Bertz CT molecular complexity index is 682. The van der Waals surface area contributed by atoms with Gasteiger partial charge in [-0.25, -0.2) is 4.79 Å². The molecule has 1 atom stereocenters. The van der Waals surface area contributed by atoms with E-state index in [0.717, 1.165) is 64.2 Å². The third-order valence-electron chi connectivity index (χ3n) is 9.14. The van der Waals surface area contributed by atoms with Gasteiger partial charge in [0, 0.05) is 19.4 Å². The number of unbranched alkanes of at least 4 members (excludes halogenated alkanes) is 22. The van der Waals surface area contributed by atoms with Crippen LogP contribution in [-0.4, -0.2) is 45.0 Å². The maximum absolute atomic E-state index is 13.7. The number of hydrogen-bond acceptors (Lipinski definition) is 3. The molecule has 0 aromatic carbocycles. The van der Waals surface area contributed by atoms with Crippen molar-refractivity contribution in [2.45, 2.75) is 213 Å². The topological polar surface area (TPSA) is 94.9 Å². The van der Waals surface area contributed by atoms with Gasteiger partial charge in [0.1, 0.15) is 5.54 Å². The number of carboxylic acid groups (broad SMARTS) is 2. The molecule has 0 rings (SSSR count). The van der Waals surface area contributed by atoms with Crippen LogP contribution in [0.5, 0.6) is 0 Å². The first kappa shape index (κ1) is 41.4. The van der Waals surface area contributed by atoms with Crippen LogP contribution < -0.4 is 0 Å². The zero-order valence-corrected chi connectivity index (χ0v) is 28.8. The Morgan fingerprint density at radius 3 is 1.23 bits per heavy atom. The van der Waals surface area contributed by atoms with Crippen LogP contribution in [0.3, 0.4) is 0 Å². The summed E-state index contributed by atoms with van der Waals surface area (Å²) in [6.45, 7) is 7.05. The van der Waals surface area contributed by atoms with Crippen molar-refractivity contribution in [3.63, 3.8) is 0 Å². The van der Waals surface area contributed by atoms with Crippen molar-refractivity contribution in [3.05, 3.63) is 0 Å². The van der Waals surface area contributed by atoms with Gasteiger partial charge in [-0.05, 0) is 25.7 Å². The van der Waals surface area contributed by atoms with Gasteiger partial charge in [0.05, 0.1) is 0 Å². The lowest BCUT2D eigenvalue weighted by Crippen LogP contribution is -2.57. The summed E-state index contributed by atoms with van der Waals surface area (Å²) >= 11 is 0. The van der Waals surface area contributed by atoms with Crippen molar-refractivity contribution in [3.8, 4) is 0 Å². The van der Waals surface area contributed by atoms with E-state index in [0.29, 0.717) is 25.8 Å². The van der Waals surface area contributed by atoms with Gasteiger partial charge in [0.15, 0.2) is 0 Å². The number of rotatable bonds is 33. The largest absolute Gasteiger partial charge is 0.481 e. The van der Waals surface area contributed by atoms with Gasteiger partial charge in [-0.3, -0.25) is 9.59 Å². The molecule has 0 bridgehead atoms. The van der Waals surface area contributed by atoms with Gasteiger partial charge < -0.3 is 15.1 Å². The van der Waals surface area contributed by atoms with Crippen molar-refractivity contribution in [1.29, 1.82) is 0 Å². The molecule has 0 radical (unpaired) electrons. The first-order valence-corrected chi connectivity index (χ1v) is 18.6. The highest BCUT2D eigenvalue weighted by Crippen LogP contribution is 2.31. The minimum absolute atomic E-state index is 0.0200. The van der Waals surface area contributed by atoms with E-state index in [4.69, 9.17) is 0 Å². The lowest BCUT2D eigenvalue weighted by atomic mass is 9.84. The summed E-state index contributed by atoms with van der Waals surface area (Å²) in [5, 5.41) is 20.1. The molecule has 0 aromatic heterocycles. The molecule has 0 saturated carbocycles. The van der Waals surface area contributed by atoms with E-state index in [1.54, 1.807) is 4.90 Å². The highest BCUT2D eigenvalue weighted by atomic mass is 16.4. The van der Waals surface area contributed by atoms with Crippen molar-refractivity contribution in [2.24, 2.45) is 0 Å². The highest BCUT2D eigenvalue weighted by Gasteiger charge is 2.45. The van der Waals surface area contributed by atoms with Gasteiger partial charge in [-0.1, -0.05) is 168 Å². The van der Waals surface area contributed by atoms with E-state index in [-0.39, 0.29) is 18.7 Å². The standard InChI is InChI=1S/C37H71NO5/c1-4-7-10-13-16-18-20-22-25-28-33-38(34(39)29-26-23-21-19-17-14-11-8-5-2)37(36(42)43,32-30-35(40)41)31-27-24-15-12-9-6-3/h4-33H2,1-3H3,(H,40,41)(H,42,43)/t37-/m0/s1. The van der Waals surface area contributed by atoms with E-state index in [1.807, 2.05) is 0 Å². The Morgan fingerprint density at radius 2 is 0.837 bits per heavy atom. The van der Waals surface area contributed by atoms with Crippen LogP contribution in [-0.2, 0) is 14.4 Å². The molecule has 0 saturated heterocycles. The van der Waals surface area contributed by atoms with E-state index in [9.17, 15) is 24.6 Å². The lowest BCUT2D eigenvalue weighted by molar-refractivity contribution is -0.162. The molecular formula is C37H71NO5. The molecule has 0 fully saturated rings. The zero-order chi connectivity index (χ0) is 32.0. The Hall–Kier alpha value is -1.59. The molecule has 6 nitrogen and oxygen atoms in total. The maximum Gasteiger partial charge on any atom is 0.329 e. The highest BCUT2D eigenvalue weighted by molar-refractivity contribution is 5.87. The Morgan fingerprint density at radius 1 is 0.465 bits per heavy atom. The second-order valence-electron chi connectivity index (χ2n) is 13.1. The van der Waals surface area contributed by atoms with Gasteiger partial charge in [0.25, 0.3) is 0 Å². The van der Waals surface area contributed by atoms with Crippen LogP contribution in [0.25, 0.3) is 0 Å². The molecule has 43 heavy (non-hydrogen) atoms. The summed E-state index contributed by atoms with van der Waals surface area (Å²) in [6.07, 6.45) is 28.7. The van der Waals surface area contributed by atoms with Gasteiger partial charge >= 0.3 is 11.9 Å². The van der Waals surface area contributed by atoms with E-state index in [1.165, 1.54) is 89.9 Å². The number of carbonyl (C=O) groups is 3. The number of carbonyl (C=O) groups excluding carboxylic acids is 1. The molecule has 0 heterocycles. The van der Waals surface area contributed by atoms with Crippen LogP contribution in [0, 0.1) is 0 Å². The maximum atomic E-state index is 13.7. The normalized spacial score (nSPS) is 12.7. The predicted octanol–water partition coefficient (Wildman–Crippen LogP) is 11.1. The van der Waals surface area contributed by atoms with Crippen molar-refractivity contribution in [1.82, 2.24) is 4.90 Å². The summed E-state index contributed by atoms with van der Waals surface area (Å²) in [6, 6.07) is 0. The van der Waals surface area contributed by atoms with E-state index >= 15 is 0 Å². The Kier molecular flexibility index (Phi) is 28.1. The van der Waals surface area contributed by atoms with Crippen molar-refractivity contribution in [2.75, 3.05) is 6.54 Å². The van der Waals surface area contributed by atoms with Gasteiger partial charge in [-0.2, -0.15) is 0 Å². The zero-order valence-electron chi connectivity index (χ0n) is 28.8. The molecule has 0 unspecified atom stereocenters. The molecule has 1 amide bonds. The van der Waals surface area contributed by atoms with Crippen LogP contribution >= 0.6 is 0 Å². The molecule has 6 heteroatoms. The summed E-state index contributed by atoms with van der Waals surface area (Å²) in [7, 11) is 0. The molecule has 2 N–H and O–H groups in total. The minimum atomic E-state index is -1.43. The molecule has 254 valence electrons. The number of aliphatic carboxylic acids is 2. The molecule has 0 aliphatic rings. The number of hydrogen-bond donors (Lipinski definition) is 2. The average molecular weight is 610 g/mol. The van der Waals surface area contributed by atoms with Crippen LogP contribution in [0.4, 0.5) is 0 Å². The number of amides is 1. The lowest BCUT2D eigenvalue weighted by Gasteiger charge is -2.41. The van der Waals surface area contributed by atoms with Crippen LogP contribution in [0.2, 0.25) is 0 Å². The van der Waals surface area contributed by atoms with Crippen LogP contribution in [0.1, 0.15) is 207 Å². The fraction of sp³-hybridized carbons (Fsp3) is 0.919. The van der Waals surface area contributed by atoms with Crippen molar-refractivity contribution < 1.29 is 24.6 Å². The second-order valence-corrected chi connectivity index (χ2v) is 13.1. The number of nitrogens with zero attached hydrogens (tertiary/aromatic N) is 1. The third kappa shape index (κ3) is 21.7. The number of carboxylic acids is 2. The first-order valence-electron chi connectivity index (χ1n) is 18.6. The fourth-order valence-corrected chi connectivity index (χ4v) is 6.29. The Balaban J connectivity index is 5.28. The first-order chi connectivity index (χ1) is 20.9. The van der Waals surface area contributed by atoms with Crippen molar-refractivity contribution >= 4 is 17.8 Å². The summed E-state index contributed by atoms with van der Waals surface area (Å²) in [5.74, 6) is -2.13. The third-order valence-corrected chi connectivity index (χ3v) is 9.14. The van der Waals surface area contributed by atoms with E-state index < -0.39 is 17.5 Å². The quantitative estimate of drug-likeness (QED) is 0.0722. The average Bonchev–Trinajstić information content (AvgIpc) is 2.98. The Labute approximate surface area is 266 Å². The van der Waals surface area contributed by atoms with Gasteiger partial charge in [0.2, 0.25) is 5.91 Å². The molecule has 0 aromatic rings. The second kappa shape index (κ2) is 29.1.